The number of nitrogens with zero attached hydrogens (tertiary/aromatic N) is 1. The number of alkyl halides is 3. The van der Waals surface area contributed by atoms with Gasteiger partial charge in [0.1, 0.15) is 6.42 Å². The Hall–Kier alpha value is -1.92. The van der Waals surface area contributed by atoms with Crippen molar-refractivity contribution >= 4 is 11.8 Å². The molecule has 0 aliphatic heterocycles. The summed E-state index contributed by atoms with van der Waals surface area (Å²) in [5, 5.41) is 0. The predicted molar refractivity (Wildman–Crippen MR) is 54.8 cm³/mol. The SMILES string of the molecule is CCOC(=O)CC(=O)c1cnccc1C(F)(F)F. The maximum Gasteiger partial charge on any atom is 0.417 e. The molecule has 18 heavy (non-hydrogen) atoms. The highest BCUT2D eigenvalue weighted by Gasteiger charge is 2.35. The van der Waals surface area contributed by atoms with Gasteiger partial charge in [-0.25, -0.2) is 0 Å². The van der Waals surface area contributed by atoms with Crippen molar-refractivity contribution in [3.8, 4) is 0 Å². The Balaban J connectivity index is 2.96. The molecular formula is C11H10F3NO3. The fourth-order valence-corrected chi connectivity index (χ4v) is 1.30. The summed E-state index contributed by atoms with van der Waals surface area (Å²) in [6, 6.07) is 0.693. The number of aromatic nitrogens is 1. The van der Waals surface area contributed by atoms with Crippen molar-refractivity contribution in [2.75, 3.05) is 6.61 Å². The van der Waals surface area contributed by atoms with Crippen LogP contribution in [0.25, 0.3) is 0 Å². The summed E-state index contributed by atoms with van der Waals surface area (Å²) in [6.45, 7) is 1.60. The number of Topliss-reactive ketones (excluding diaryl/α,β-unsaturated/α-hetero) is 1. The molecule has 0 radical (unpaired) electrons. The molecule has 0 bridgehead atoms. The Morgan fingerprint density at radius 3 is 2.61 bits per heavy atom. The molecule has 0 saturated heterocycles. The second-order valence-electron chi connectivity index (χ2n) is 3.32. The van der Waals surface area contributed by atoms with Crippen LogP contribution in [0.5, 0.6) is 0 Å². The summed E-state index contributed by atoms with van der Waals surface area (Å²) >= 11 is 0. The second kappa shape index (κ2) is 5.61. The van der Waals surface area contributed by atoms with Gasteiger partial charge in [-0.15, -0.1) is 0 Å². The summed E-state index contributed by atoms with van der Waals surface area (Å²) in [6.07, 6.45) is -3.67. The maximum atomic E-state index is 12.6. The van der Waals surface area contributed by atoms with Crippen molar-refractivity contribution < 1.29 is 27.5 Å². The van der Waals surface area contributed by atoms with Crippen LogP contribution in [0.2, 0.25) is 0 Å². The van der Waals surface area contributed by atoms with E-state index in [9.17, 15) is 22.8 Å². The van der Waals surface area contributed by atoms with Gasteiger partial charge in [-0.2, -0.15) is 13.2 Å². The van der Waals surface area contributed by atoms with E-state index in [-0.39, 0.29) is 6.61 Å². The smallest absolute Gasteiger partial charge is 0.417 e. The molecule has 1 aromatic rings. The van der Waals surface area contributed by atoms with Crippen LogP contribution < -0.4 is 0 Å². The number of ketones is 1. The van der Waals surface area contributed by atoms with E-state index in [0.717, 1.165) is 12.4 Å². The monoisotopic (exact) mass is 261 g/mol. The van der Waals surface area contributed by atoms with Gasteiger partial charge in [-0.1, -0.05) is 0 Å². The molecule has 1 aromatic heterocycles. The van der Waals surface area contributed by atoms with Crippen LogP contribution in [-0.2, 0) is 15.7 Å². The number of carbonyl (C=O) groups is 2. The summed E-state index contributed by atoms with van der Waals surface area (Å²) in [7, 11) is 0. The molecule has 0 amide bonds. The van der Waals surface area contributed by atoms with E-state index in [1.807, 2.05) is 0 Å². The number of hydrogen-bond acceptors (Lipinski definition) is 4. The summed E-state index contributed by atoms with van der Waals surface area (Å²) in [5.74, 6) is -1.83. The molecule has 0 saturated carbocycles. The van der Waals surface area contributed by atoms with Crippen LogP contribution in [0.1, 0.15) is 29.3 Å². The molecule has 7 heteroatoms. The molecule has 0 fully saturated rings. The number of esters is 1. The number of pyridine rings is 1. The van der Waals surface area contributed by atoms with Crippen molar-refractivity contribution in [1.29, 1.82) is 0 Å². The number of hydrogen-bond donors (Lipinski definition) is 0. The van der Waals surface area contributed by atoms with E-state index in [1.54, 1.807) is 0 Å². The molecule has 0 aliphatic rings. The Morgan fingerprint density at radius 2 is 2.06 bits per heavy atom. The normalized spacial score (nSPS) is 11.1. The molecule has 1 rings (SSSR count). The first-order valence-corrected chi connectivity index (χ1v) is 5.06. The van der Waals surface area contributed by atoms with Crippen molar-refractivity contribution in [3.05, 3.63) is 29.6 Å². The quantitative estimate of drug-likeness (QED) is 0.474. The highest BCUT2D eigenvalue weighted by atomic mass is 19.4. The van der Waals surface area contributed by atoms with Gasteiger partial charge in [0.15, 0.2) is 5.78 Å². The summed E-state index contributed by atoms with van der Waals surface area (Å²) in [5.41, 5.74) is -1.73. The van der Waals surface area contributed by atoms with Gasteiger partial charge in [0.2, 0.25) is 0 Å². The van der Waals surface area contributed by atoms with Gasteiger partial charge >= 0.3 is 12.1 Å². The van der Waals surface area contributed by atoms with E-state index in [1.165, 1.54) is 6.92 Å². The number of carbonyl (C=O) groups excluding carboxylic acids is 2. The highest BCUT2D eigenvalue weighted by Crippen LogP contribution is 2.31. The summed E-state index contributed by atoms with van der Waals surface area (Å²) < 4.78 is 42.3. The van der Waals surface area contributed by atoms with E-state index in [2.05, 4.69) is 9.72 Å². The first-order chi connectivity index (χ1) is 8.36. The molecule has 0 aliphatic carbocycles. The standard InChI is InChI=1S/C11H10F3NO3/c1-2-18-10(17)5-9(16)7-6-15-4-3-8(7)11(12,13)14/h3-4,6H,2,5H2,1H3. The van der Waals surface area contributed by atoms with Gasteiger partial charge in [0.05, 0.1) is 12.2 Å². The lowest BCUT2D eigenvalue weighted by molar-refractivity contribution is -0.142. The third-order valence-corrected chi connectivity index (χ3v) is 2.04. The topological polar surface area (TPSA) is 56.3 Å². The third kappa shape index (κ3) is 3.54. The minimum absolute atomic E-state index is 0.0608. The molecule has 0 unspecified atom stereocenters. The van der Waals surface area contributed by atoms with Crippen molar-refractivity contribution in [2.45, 2.75) is 19.5 Å². The summed E-state index contributed by atoms with van der Waals surface area (Å²) in [4.78, 5) is 26.1. The Kier molecular flexibility index (Phi) is 4.41. The molecule has 0 atom stereocenters. The van der Waals surface area contributed by atoms with Gasteiger partial charge in [0, 0.05) is 18.0 Å². The van der Waals surface area contributed by atoms with E-state index in [0.29, 0.717) is 6.07 Å². The van der Waals surface area contributed by atoms with Gasteiger partial charge in [-0.3, -0.25) is 14.6 Å². The Bertz CT molecular complexity index is 457. The molecule has 0 aromatic carbocycles. The van der Waals surface area contributed by atoms with Gasteiger partial charge in [-0.05, 0) is 13.0 Å². The number of halogens is 3. The zero-order valence-corrected chi connectivity index (χ0v) is 9.45. The zero-order valence-electron chi connectivity index (χ0n) is 9.45. The molecule has 0 spiro atoms. The number of rotatable bonds is 4. The van der Waals surface area contributed by atoms with Crippen molar-refractivity contribution in [1.82, 2.24) is 4.98 Å². The van der Waals surface area contributed by atoms with Crippen molar-refractivity contribution in [3.63, 3.8) is 0 Å². The lowest BCUT2D eigenvalue weighted by Gasteiger charge is -2.10. The Morgan fingerprint density at radius 1 is 1.39 bits per heavy atom. The minimum atomic E-state index is -4.66. The second-order valence-corrected chi connectivity index (χ2v) is 3.32. The molecular weight excluding hydrogens is 251 g/mol. The van der Waals surface area contributed by atoms with Crippen LogP contribution >= 0.6 is 0 Å². The lowest BCUT2D eigenvalue weighted by atomic mass is 10.0. The van der Waals surface area contributed by atoms with E-state index in [4.69, 9.17) is 0 Å². The van der Waals surface area contributed by atoms with Crippen LogP contribution in [0.3, 0.4) is 0 Å². The lowest BCUT2D eigenvalue weighted by Crippen LogP contribution is -2.17. The van der Waals surface area contributed by atoms with Gasteiger partial charge in [0.25, 0.3) is 0 Å². The molecule has 1 heterocycles. The van der Waals surface area contributed by atoms with Crippen LogP contribution in [0.4, 0.5) is 13.2 Å². The first kappa shape index (κ1) is 14.1. The zero-order chi connectivity index (χ0) is 13.8. The molecule has 0 N–H and O–H groups in total. The minimum Gasteiger partial charge on any atom is -0.466 e. The van der Waals surface area contributed by atoms with Crippen LogP contribution in [0, 0.1) is 0 Å². The van der Waals surface area contributed by atoms with Crippen LogP contribution in [0.15, 0.2) is 18.5 Å². The first-order valence-electron chi connectivity index (χ1n) is 5.06. The van der Waals surface area contributed by atoms with Crippen molar-refractivity contribution in [2.24, 2.45) is 0 Å². The van der Waals surface area contributed by atoms with Gasteiger partial charge < -0.3 is 4.74 Å². The highest BCUT2D eigenvalue weighted by molar-refractivity contribution is 6.06. The Labute approximate surface area is 101 Å². The average Bonchev–Trinajstić information content (AvgIpc) is 2.28. The predicted octanol–water partition coefficient (Wildman–Crippen LogP) is 2.24. The molecule has 4 nitrogen and oxygen atoms in total. The average molecular weight is 261 g/mol. The van der Waals surface area contributed by atoms with E-state index < -0.39 is 35.5 Å². The molecule has 98 valence electrons. The fourth-order valence-electron chi connectivity index (χ4n) is 1.30. The largest absolute Gasteiger partial charge is 0.466 e. The van der Waals surface area contributed by atoms with Crippen LogP contribution in [-0.4, -0.2) is 23.3 Å². The number of ether oxygens (including phenoxy) is 1. The third-order valence-electron chi connectivity index (χ3n) is 2.04. The fraction of sp³-hybridized carbons (Fsp3) is 0.364. The maximum absolute atomic E-state index is 12.6. The van der Waals surface area contributed by atoms with E-state index >= 15 is 0 Å².